The molecule has 0 aromatic heterocycles. The van der Waals surface area contributed by atoms with Crippen molar-refractivity contribution >= 4 is 17.8 Å². The number of hydrogen-bond donors (Lipinski definition) is 3. The highest BCUT2D eigenvalue weighted by Gasteiger charge is 2.16. The van der Waals surface area contributed by atoms with E-state index in [0.29, 0.717) is 18.1 Å². The number of benzene rings is 1. The third-order valence-corrected chi connectivity index (χ3v) is 4.82. The molecule has 27 heavy (non-hydrogen) atoms. The van der Waals surface area contributed by atoms with Crippen molar-refractivity contribution in [3.05, 3.63) is 29.8 Å². The fourth-order valence-corrected chi connectivity index (χ4v) is 3.28. The summed E-state index contributed by atoms with van der Waals surface area (Å²) in [4.78, 5) is 34.4. The van der Waals surface area contributed by atoms with Crippen molar-refractivity contribution in [2.75, 3.05) is 13.2 Å². The second-order valence-corrected chi connectivity index (χ2v) is 7.01. The Hall–Kier alpha value is -2.57. The van der Waals surface area contributed by atoms with Gasteiger partial charge in [0.1, 0.15) is 5.75 Å². The van der Waals surface area contributed by atoms with Gasteiger partial charge in [-0.3, -0.25) is 9.59 Å². The zero-order valence-electron chi connectivity index (χ0n) is 15.7. The minimum atomic E-state index is -1.04. The van der Waals surface area contributed by atoms with Gasteiger partial charge in [0.2, 0.25) is 11.8 Å². The molecule has 1 aliphatic carbocycles. The van der Waals surface area contributed by atoms with Crippen LogP contribution in [-0.2, 0) is 14.4 Å². The molecule has 0 radical (unpaired) electrons. The minimum Gasteiger partial charge on any atom is -0.482 e. The maximum Gasteiger partial charge on any atom is 0.341 e. The smallest absolute Gasteiger partial charge is 0.341 e. The third-order valence-electron chi connectivity index (χ3n) is 4.82. The molecule has 1 atom stereocenters. The molecule has 0 spiro atoms. The van der Waals surface area contributed by atoms with Gasteiger partial charge in [0.25, 0.3) is 0 Å². The number of amides is 2. The molecular weight excluding hydrogens is 348 g/mol. The molecule has 2 amide bonds. The van der Waals surface area contributed by atoms with Gasteiger partial charge >= 0.3 is 5.97 Å². The molecule has 1 fully saturated rings. The highest BCUT2D eigenvalue weighted by Crippen LogP contribution is 2.28. The molecule has 0 saturated heterocycles. The van der Waals surface area contributed by atoms with E-state index in [1.807, 2.05) is 6.92 Å². The number of nitrogens with one attached hydrogen (secondary N) is 2. The van der Waals surface area contributed by atoms with Crippen molar-refractivity contribution in [2.24, 2.45) is 5.92 Å². The highest BCUT2D eigenvalue weighted by atomic mass is 16.5. The summed E-state index contributed by atoms with van der Waals surface area (Å²) in [7, 11) is 0. The van der Waals surface area contributed by atoms with Gasteiger partial charge in [0, 0.05) is 6.42 Å². The normalized spacial score (nSPS) is 15.1. The summed E-state index contributed by atoms with van der Waals surface area (Å²) in [5.74, 6) is -0.251. The second kappa shape index (κ2) is 10.5. The summed E-state index contributed by atoms with van der Waals surface area (Å²) >= 11 is 0. The number of rotatable bonds is 10. The van der Waals surface area contributed by atoms with Crippen molar-refractivity contribution in [1.29, 1.82) is 0 Å². The van der Waals surface area contributed by atoms with Gasteiger partial charge in [-0.1, -0.05) is 37.8 Å². The lowest BCUT2D eigenvalue weighted by molar-refractivity contribution is -0.139. The average molecular weight is 376 g/mol. The molecule has 148 valence electrons. The Kier molecular flexibility index (Phi) is 8.10. The molecule has 7 heteroatoms. The fraction of sp³-hybridized carbons (Fsp3) is 0.550. The molecule has 0 heterocycles. The number of carboxylic acids is 1. The Bertz CT molecular complexity index is 638. The van der Waals surface area contributed by atoms with Crippen LogP contribution in [0.25, 0.3) is 0 Å². The molecule has 2 rings (SSSR count). The SMILES string of the molecule is CC(NC(=O)CNC(=O)CCC1CCCC1)c1ccc(OCC(=O)O)cc1. The van der Waals surface area contributed by atoms with Gasteiger partial charge < -0.3 is 20.5 Å². The van der Waals surface area contributed by atoms with E-state index in [2.05, 4.69) is 10.6 Å². The van der Waals surface area contributed by atoms with Crippen molar-refractivity contribution in [2.45, 2.75) is 51.5 Å². The van der Waals surface area contributed by atoms with Gasteiger partial charge in [-0.25, -0.2) is 4.79 Å². The fourth-order valence-electron chi connectivity index (χ4n) is 3.28. The Morgan fingerprint density at radius 2 is 1.81 bits per heavy atom. The molecule has 1 aliphatic rings. The number of carbonyl (C=O) groups is 3. The van der Waals surface area contributed by atoms with Gasteiger partial charge in [-0.05, 0) is 37.0 Å². The molecule has 1 aromatic rings. The topological polar surface area (TPSA) is 105 Å². The highest BCUT2D eigenvalue weighted by molar-refractivity contribution is 5.84. The lowest BCUT2D eigenvalue weighted by Crippen LogP contribution is -2.38. The molecule has 1 saturated carbocycles. The number of ether oxygens (including phenoxy) is 1. The number of carbonyl (C=O) groups excluding carboxylic acids is 2. The lowest BCUT2D eigenvalue weighted by Gasteiger charge is -2.15. The summed E-state index contributed by atoms with van der Waals surface area (Å²) in [6, 6.07) is 6.61. The number of hydrogen-bond acceptors (Lipinski definition) is 4. The van der Waals surface area contributed by atoms with Crippen molar-refractivity contribution < 1.29 is 24.2 Å². The van der Waals surface area contributed by atoms with E-state index in [4.69, 9.17) is 9.84 Å². The van der Waals surface area contributed by atoms with Gasteiger partial charge in [-0.2, -0.15) is 0 Å². The van der Waals surface area contributed by atoms with Gasteiger partial charge in [0.05, 0.1) is 12.6 Å². The molecule has 1 unspecified atom stereocenters. The van der Waals surface area contributed by atoms with Crippen molar-refractivity contribution in [3.8, 4) is 5.75 Å². The Balaban J connectivity index is 1.68. The van der Waals surface area contributed by atoms with Crippen molar-refractivity contribution in [1.82, 2.24) is 10.6 Å². The first-order chi connectivity index (χ1) is 12.9. The Morgan fingerprint density at radius 3 is 2.44 bits per heavy atom. The first-order valence-corrected chi connectivity index (χ1v) is 9.44. The van der Waals surface area contributed by atoms with Crippen LogP contribution < -0.4 is 15.4 Å². The Labute approximate surface area is 159 Å². The lowest BCUT2D eigenvalue weighted by atomic mass is 10.0. The maximum absolute atomic E-state index is 12.0. The first-order valence-electron chi connectivity index (χ1n) is 9.44. The minimum absolute atomic E-state index is 0.0341. The quantitative estimate of drug-likeness (QED) is 0.582. The monoisotopic (exact) mass is 376 g/mol. The van der Waals surface area contributed by atoms with E-state index in [0.717, 1.165) is 12.0 Å². The molecule has 1 aromatic carbocycles. The van der Waals surface area contributed by atoms with Crippen LogP contribution in [0, 0.1) is 5.92 Å². The van der Waals surface area contributed by atoms with E-state index in [1.54, 1.807) is 24.3 Å². The zero-order chi connectivity index (χ0) is 19.6. The van der Waals surface area contributed by atoms with Crippen LogP contribution in [0.5, 0.6) is 5.75 Å². The molecule has 7 nitrogen and oxygen atoms in total. The molecular formula is C20H28N2O5. The summed E-state index contributed by atoms with van der Waals surface area (Å²) in [5, 5.41) is 14.1. The van der Waals surface area contributed by atoms with Crippen LogP contribution in [0.4, 0.5) is 0 Å². The predicted octanol–water partition coefficient (Wildman–Crippen LogP) is 2.41. The zero-order valence-corrected chi connectivity index (χ0v) is 15.7. The summed E-state index contributed by atoms with van der Waals surface area (Å²) in [6.45, 7) is 1.41. The van der Waals surface area contributed by atoms with Gasteiger partial charge in [-0.15, -0.1) is 0 Å². The van der Waals surface area contributed by atoms with Crippen LogP contribution in [0.1, 0.15) is 57.1 Å². The maximum atomic E-state index is 12.0. The molecule has 3 N–H and O–H groups in total. The van der Waals surface area contributed by atoms with Crippen molar-refractivity contribution in [3.63, 3.8) is 0 Å². The van der Waals surface area contributed by atoms with E-state index in [-0.39, 0.29) is 24.4 Å². The largest absolute Gasteiger partial charge is 0.482 e. The molecule has 0 aliphatic heterocycles. The summed E-state index contributed by atoms with van der Waals surface area (Å²) in [5.41, 5.74) is 0.860. The van der Waals surface area contributed by atoms with Gasteiger partial charge in [0.15, 0.2) is 6.61 Å². The van der Waals surface area contributed by atoms with E-state index >= 15 is 0 Å². The van der Waals surface area contributed by atoms with E-state index in [9.17, 15) is 14.4 Å². The standard InChI is InChI=1S/C20H28N2O5/c1-14(16-7-9-17(10-8-16)27-13-20(25)26)22-19(24)12-21-18(23)11-6-15-4-2-3-5-15/h7-10,14-15H,2-6,11-13H2,1H3,(H,21,23)(H,22,24)(H,25,26). The first kappa shape index (κ1) is 20.7. The predicted molar refractivity (Wildman–Crippen MR) is 100 cm³/mol. The van der Waals surface area contributed by atoms with E-state index in [1.165, 1.54) is 25.7 Å². The Morgan fingerprint density at radius 1 is 1.15 bits per heavy atom. The average Bonchev–Trinajstić information content (AvgIpc) is 3.17. The summed E-state index contributed by atoms with van der Waals surface area (Å²) < 4.78 is 5.07. The summed E-state index contributed by atoms with van der Waals surface area (Å²) in [6.07, 6.45) is 6.33. The third kappa shape index (κ3) is 7.68. The van der Waals surface area contributed by atoms with Crippen LogP contribution in [0.3, 0.4) is 0 Å². The number of carboxylic acid groups (broad SMARTS) is 1. The number of aliphatic carboxylic acids is 1. The molecule has 0 bridgehead atoms. The second-order valence-electron chi connectivity index (χ2n) is 7.01. The van der Waals surface area contributed by atoms with E-state index < -0.39 is 12.6 Å². The van der Waals surface area contributed by atoms with Crippen LogP contribution >= 0.6 is 0 Å². The van der Waals surface area contributed by atoms with Crippen LogP contribution in [0.15, 0.2) is 24.3 Å². The van der Waals surface area contributed by atoms with Crippen LogP contribution in [0.2, 0.25) is 0 Å². The van der Waals surface area contributed by atoms with Crippen LogP contribution in [-0.4, -0.2) is 36.0 Å².